The summed E-state index contributed by atoms with van der Waals surface area (Å²) < 4.78 is 5.11. The number of hydrogen-bond donors (Lipinski definition) is 0. The van der Waals surface area contributed by atoms with Gasteiger partial charge in [-0.05, 0) is 33.1 Å². The van der Waals surface area contributed by atoms with Crippen LogP contribution in [-0.2, 0) is 9.53 Å². The number of carbonyl (C=O) groups is 1. The summed E-state index contributed by atoms with van der Waals surface area (Å²) in [6, 6.07) is 0. The van der Waals surface area contributed by atoms with Crippen LogP contribution < -0.4 is 0 Å². The zero-order valence-electron chi connectivity index (χ0n) is 14.4. The molecular formula is C19H36O2. The standard InChI is InChI=1S/C19H36O2/c1-4-5-6-7-8-9-10-11-12-13-14-15-16-17-19(20)21-18(2)3/h4,18H,1,5-17H2,2-3H3. The van der Waals surface area contributed by atoms with Crippen LogP contribution in [0.3, 0.4) is 0 Å². The predicted octanol–water partition coefficient (Wildman–Crippen LogP) is 6.20. The van der Waals surface area contributed by atoms with E-state index in [9.17, 15) is 4.79 Å². The number of unbranched alkanes of at least 4 members (excludes halogenated alkanes) is 11. The van der Waals surface area contributed by atoms with Crippen LogP contribution in [0.15, 0.2) is 12.7 Å². The summed E-state index contributed by atoms with van der Waals surface area (Å²) in [6.45, 7) is 7.55. The van der Waals surface area contributed by atoms with E-state index in [0.717, 1.165) is 12.8 Å². The van der Waals surface area contributed by atoms with Crippen molar-refractivity contribution in [2.75, 3.05) is 0 Å². The quantitative estimate of drug-likeness (QED) is 0.204. The van der Waals surface area contributed by atoms with Crippen molar-refractivity contribution in [2.45, 2.75) is 103 Å². The minimum absolute atomic E-state index is 0.0225. The van der Waals surface area contributed by atoms with Gasteiger partial charge in [0.2, 0.25) is 0 Å². The molecular weight excluding hydrogens is 260 g/mol. The van der Waals surface area contributed by atoms with Crippen molar-refractivity contribution >= 4 is 5.97 Å². The first kappa shape index (κ1) is 20.2. The van der Waals surface area contributed by atoms with E-state index in [2.05, 4.69) is 6.58 Å². The molecule has 0 aliphatic carbocycles. The van der Waals surface area contributed by atoms with Crippen molar-refractivity contribution in [3.8, 4) is 0 Å². The van der Waals surface area contributed by atoms with E-state index in [-0.39, 0.29) is 12.1 Å². The highest BCUT2D eigenvalue weighted by atomic mass is 16.5. The Kier molecular flexibility index (Phi) is 15.0. The SMILES string of the molecule is C=CCCCCCCCCCCCCCC(=O)OC(C)C. The van der Waals surface area contributed by atoms with Gasteiger partial charge in [-0.15, -0.1) is 6.58 Å². The fourth-order valence-corrected chi connectivity index (χ4v) is 2.47. The average Bonchev–Trinajstić information content (AvgIpc) is 2.43. The Morgan fingerprint density at radius 2 is 1.29 bits per heavy atom. The minimum Gasteiger partial charge on any atom is -0.463 e. The average molecular weight is 296 g/mol. The summed E-state index contributed by atoms with van der Waals surface area (Å²) >= 11 is 0. The lowest BCUT2D eigenvalue weighted by Gasteiger charge is -2.07. The Morgan fingerprint density at radius 3 is 1.71 bits per heavy atom. The van der Waals surface area contributed by atoms with E-state index in [1.54, 1.807) is 0 Å². The van der Waals surface area contributed by atoms with Gasteiger partial charge in [-0.25, -0.2) is 0 Å². The molecule has 0 radical (unpaired) electrons. The second-order valence-corrected chi connectivity index (χ2v) is 6.26. The zero-order valence-corrected chi connectivity index (χ0v) is 14.4. The van der Waals surface area contributed by atoms with Gasteiger partial charge in [-0.3, -0.25) is 4.79 Å². The summed E-state index contributed by atoms with van der Waals surface area (Å²) in [7, 11) is 0. The first-order chi connectivity index (χ1) is 10.2. The molecule has 0 aliphatic heterocycles. The van der Waals surface area contributed by atoms with Crippen molar-refractivity contribution in [1.29, 1.82) is 0 Å². The lowest BCUT2D eigenvalue weighted by Crippen LogP contribution is -2.10. The molecule has 0 amide bonds. The number of carbonyl (C=O) groups excluding carboxylic acids is 1. The smallest absolute Gasteiger partial charge is 0.306 e. The predicted molar refractivity (Wildman–Crippen MR) is 91.4 cm³/mol. The maximum Gasteiger partial charge on any atom is 0.306 e. The van der Waals surface area contributed by atoms with Gasteiger partial charge >= 0.3 is 5.97 Å². The van der Waals surface area contributed by atoms with Crippen LogP contribution in [0, 0.1) is 0 Å². The molecule has 0 rings (SSSR count). The Hall–Kier alpha value is -0.790. The van der Waals surface area contributed by atoms with Crippen molar-refractivity contribution in [3.05, 3.63) is 12.7 Å². The molecule has 0 atom stereocenters. The summed E-state index contributed by atoms with van der Waals surface area (Å²) in [6.07, 6.45) is 18.1. The van der Waals surface area contributed by atoms with Gasteiger partial charge in [-0.1, -0.05) is 63.9 Å². The zero-order chi connectivity index (χ0) is 15.8. The highest BCUT2D eigenvalue weighted by molar-refractivity contribution is 5.69. The number of rotatable bonds is 15. The molecule has 0 N–H and O–H groups in total. The van der Waals surface area contributed by atoms with Crippen LogP contribution in [0.4, 0.5) is 0 Å². The van der Waals surface area contributed by atoms with Crippen LogP contribution in [0.25, 0.3) is 0 Å². The van der Waals surface area contributed by atoms with Crippen LogP contribution in [0.5, 0.6) is 0 Å². The van der Waals surface area contributed by atoms with Crippen LogP contribution in [0.1, 0.15) is 97.3 Å². The Balaban J connectivity index is 3.09. The molecule has 0 aromatic rings. The molecule has 2 nitrogen and oxygen atoms in total. The monoisotopic (exact) mass is 296 g/mol. The van der Waals surface area contributed by atoms with E-state index in [1.165, 1.54) is 64.2 Å². The van der Waals surface area contributed by atoms with Gasteiger partial charge in [0.05, 0.1) is 6.10 Å². The summed E-state index contributed by atoms with van der Waals surface area (Å²) in [4.78, 5) is 11.3. The molecule has 0 spiro atoms. The summed E-state index contributed by atoms with van der Waals surface area (Å²) in [5.74, 6) is -0.0403. The van der Waals surface area contributed by atoms with Gasteiger partial charge in [0.15, 0.2) is 0 Å². The molecule has 2 heteroatoms. The van der Waals surface area contributed by atoms with E-state index >= 15 is 0 Å². The molecule has 0 saturated carbocycles. The lowest BCUT2D eigenvalue weighted by atomic mass is 10.0. The van der Waals surface area contributed by atoms with Crippen LogP contribution >= 0.6 is 0 Å². The molecule has 0 aromatic carbocycles. The Labute approximate surface area is 132 Å². The molecule has 124 valence electrons. The van der Waals surface area contributed by atoms with Crippen molar-refractivity contribution in [3.63, 3.8) is 0 Å². The van der Waals surface area contributed by atoms with Gasteiger partial charge in [0.1, 0.15) is 0 Å². The van der Waals surface area contributed by atoms with Crippen LogP contribution in [0.2, 0.25) is 0 Å². The van der Waals surface area contributed by atoms with Crippen molar-refractivity contribution in [2.24, 2.45) is 0 Å². The molecule has 0 unspecified atom stereocenters. The van der Waals surface area contributed by atoms with Gasteiger partial charge in [0.25, 0.3) is 0 Å². The van der Waals surface area contributed by atoms with Gasteiger partial charge < -0.3 is 4.74 Å². The van der Waals surface area contributed by atoms with E-state index in [1.807, 2.05) is 19.9 Å². The van der Waals surface area contributed by atoms with Crippen molar-refractivity contribution < 1.29 is 9.53 Å². The van der Waals surface area contributed by atoms with Gasteiger partial charge in [-0.2, -0.15) is 0 Å². The summed E-state index contributed by atoms with van der Waals surface area (Å²) in [5, 5.41) is 0. The second kappa shape index (κ2) is 15.6. The first-order valence-corrected chi connectivity index (χ1v) is 8.97. The Bertz CT molecular complexity index is 246. The fraction of sp³-hybridized carbons (Fsp3) is 0.842. The maximum atomic E-state index is 11.3. The van der Waals surface area contributed by atoms with E-state index < -0.39 is 0 Å². The van der Waals surface area contributed by atoms with Crippen molar-refractivity contribution in [1.82, 2.24) is 0 Å². The molecule has 0 saturated heterocycles. The molecule has 0 aliphatic rings. The number of hydrogen-bond acceptors (Lipinski definition) is 2. The number of esters is 1. The first-order valence-electron chi connectivity index (χ1n) is 8.97. The second-order valence-electron chi connectivity index (χ2n) is 6.26. The lowest BCUT2D eigenvalue weighted by molar-refractivity contribution is -0.147. The maximum absolute atomic E-state index is 11.3. The molecule has 0 fully saturated rings. The number of allylic oxidation sites excluding steroid dienone is 1. The third kappa shape index (κ3) is 17.2. The highest BCUT2D eigenvalue weighted by Gasteiger charge is 2.04. The van der Waals surface area contributed by atoms with E-state index in [0.29, 0.717) is 6.42 Å². The molecule has 0 aromatic heterocycles. The highest BCUT2D eigenvalue weighted by Crippen LogP contribution is 2.12. The third-order valence-corrected chi connectivity index (χ3v) is 3.66. The fourth-order valence-electron chi connectivity index (χ4n) is 2.47. The number of ether oxygens (including phenoxy) is 1. The summed E-state index contributed by atoms with van der Waals surface area (Å²) in [5.41, 5.74) is 0. The van der Waals surface area contributed by atoms with E-state index in [4.69, 9.17) is 4.74 Å². The molecule has 21 heavy (non-hydrogen) atoms. The molecule has 0 heterocycles. The third-order valence-electron chi connectivity index (χ3n) is 3.66. The largest absolute Gasteiger partial charge is 0.463 e. The van der Waals surface area contributed by atoms with Gasteiger partial charge in [0, 0.05) is 6.42 Å². The normalized spacial score (nSPS) is 10.8. The minimum atomic E-state index is -0.0403. The Morgan fingerprint density at radius 1 is 0.857 bits per heavy atom. The molecule has 0 bridgehead atoms. The topological polar surface area (TPSA) is 26.3 Å². The van der Waals surface area contributed by atoms with Crippen LogP contribution in [-0.4, -0.2) is 12.1 Å².